The summed E-state index contributed by atoms with van der Waals surface area (Å²) in [6.07, 6.45) is 2.02. The molecule has 0 aliphatic carbocycles. The summed E-state index contributed by atoms with van der Waals surface area (Å²) in [5.41, 5.74) is 0. The zero-order chi connectivity index (χ0) is 11.5. The summed E-state index contributed by atoms with van der Waals surface area (Å²) in [5.74, 6) is 0.929. The summed E-state index contributed by atoms with van der Waals surface area (Å²) >= 11 is 5.20. The normalized spacial score (nSPS) is 11.8. The number of hydrogen-bond donors (Lipinski definition) is 0. The van der Waals surface area contributed by atoms with Gasteiger partial charge in [-0.05, 0) is 22.4 Å². The molecule has 84 valence electrons. The second-order valence-electron chi connectivity index (χ2n) is 4.41. The molecule has 0 aliphatic heterocycles. The van der Waals surface area contributed by atoms with Crippen molar-refractivity contribution in [3.63, 3.8) is 0 Å². The molecule has 4 heteroatoms. The van der Waals surface area contributed by atoms with Crippen LogP contribution in [0, 0.1) is 0 Å². The fraction of sp³-hybridized carbons (Fsp3) is 0.636. The largest absolute Gasteiger partial charge is 0.227 e. The number of aryl methyl sites for hydroxylation is 1. The molecule has 0 N–H and O–H groups in total. The summed E-state index contributed by atoms with van der Waals surface area (Å²) < 4.78 is 1.07. The number of halogens is 1. The van der Waals surface area contributed by atoms with Crippen molar-refractivity contribution in [2.24, 2.45) is 0 Å². The summed E-state index contributed by atoms with van der Waals surface area (Å²) in [5, 5.41) is 1.05. The Kier molecular flexibility index (Phi) is 4.59. The second-order valence-corrected chi connectivity index (χ2v) is 7.07. The maximum atomic E-state index is 4.53. The summed E-state index contributed by atoms with van der Waals surface area (Å²) in [6.45, 7) is 8.70. The van der Waals surface area contributed by atoms with Gasteiger partial charge in [0.05, 0.1) is 0 Å². The predicted molar refractivity (Wildman–Crippen MR) is 69.3 cm³/mol. The number of thioether (sulfide) groups is 1. The Hall–Kier alpha value is -0.0900. The van der Waals surface area contributed by atoms with Crippen LogP contribution in [0.2, 0.25) is 0 Å². The van der Waals surface area contributed by atoms with Gasteiger partial charge in [0, 0.05) is 17.2 Å². The molecule has 0 aromatic carbocycles. The van der Waals surface area contributed by atoms with Gasteiger partial charge in [0.15, 0.2) is 0 Å². The van der Waals surface area contributed by atoms with Crippen molar-refractivity contribution in [3.8, 4) is 0 Å². The highest BCUT2D eigenvalue weighted by Gasteiger charge is 2.14. The van der Waals surface area contributed by atoms with E-state index in [4.69, 9.17) is 0 Å². The van der Waals surface area contributed by atoms with E-state index in [1.54, 1.807) is 11.8 Å². The van der Waals surface area contributed by atoms with Gasteiger partial charge in [-0.3, -0.25) is 0 Å². The van der Waals surface area contributed by atoms with Gasteiger partial charge in [-0.1, -0.05) is 27.7 Å². The van der Waals surface area contributed by atoms with Crippen LogP contribution < -0.4 is 0 Å². The highest BCUT2D eigenvalue weighted by molar-refractivity contribution is 9.10. The zero-order valence-electron chi connectivity index (χ0n) is 9.67. The molecule has 0 radical (unpaired) electrons. The number of hydrogen-bond acceptors (Lipinski definition) is 3. The first-order chi connectivity index (χ1) is 6.90. The van der Waals surface area contributed by atoms with E-state index in [1.807, 2.05) is 6.07 Å². The van der Waals surface area contributed by atoms with Crippen LogP contribution in [0.1, 0.15) is 39.9 Å². The molecule has 0 fully saturated rings. The molecule has 1 heterocycles. The van der Waals surface area contributed by atoms with Crippen LogP contribution in [0.25, 0.3) is 0 Å². The van der Waals surface area contributed by atoms with E-state index in [1.165, 1.54) is 0 Å². The second kappa shape index (κ2) is 5.30. The lowest BCUT2D eigenvalue weighted by Crippen LogP contribution is -2.08. The van der Waals surface area contributed by atoms with Crippen LogP contribution in [0.5, 0.6) is 0 Å². The fourth-order valence-electron chi connectivity index (χ4n) is 1.14. The average Bonchev–Trinajstić information content (AvgIpc) is 1.99. The summed E-state index contributed by atoms with van der Waals surface area (Å²) in [6, 6.07) is 1.98. The number of nitrogens with zero attached hydrogens (tertiary/aromatic N) is 2. The van der Waals surface area contributed by atoms with Crippen LogP contribution in [0.15, 0.2) is 15.7 Å². The lowest BCUT2D eigenvalue weighted by Gasteiger charge is -2.17. The molecule has 0 spiro atoms. The fourth-order valence-corrected chi connectivity index (χ4v) is 2.67. The first-order valence-electron chi connectivity index (χ1n) is 5.13. The Morgan fingerprint density at radius 1 is 1.33 bits per heavy atom. The molecule has 2 nitrogen and oxygen atoms in total. The van der Waals surface area contributed by atoms with E-state index in [-0.39, 0.29) is 4.75 Å². The molecular weight excluding hydrogens is 272 g/mol. The number of aromatic nitrogens is 2. The number of rotatable bonds is 3. The van der Waals surface area contributed by atoms with Gasteiger partial charge in [0.1, 0.15) is 15.5 Å². The van der Waals surface area contributed by atoms with Crippen molar-refractivity contribution in [2.45, 2.75) is 50.3 Å². The molecule has 0 saturated heterocycles. The lowest BCUT2D eigenvalue weighted by molar-refractivity contribution is 0.780. The maximum absolute atomic E-state index is 4.53. The van der Waals surface area contributed by atoms with Gasteiger partial charge in [-0.15, -0.1) is 11.8 Å². The molecule has 0 amide bonds. The zero-order valence-corrected chi connectivity index (χ0v) is 12.1. The Balaban J connectivity index is 2.88. The molecule has 1 aromatic rings. The quantitative estimate of drug-likeness (QED) is 0.619. The first-order valence-corrected chi connectivity index (χ1v) is 6.74. The smallest absolute Gasteiger partial charge is 0.130 e. The Labute approximate surface area is 104 Å². The Morgan fingerprint density at radius 2 is 2.00 bits per heavy atom. The minimum atomic E-state index is 0.192. The molecular formula is C11H17BrN2S. The van der Waals surface area contributed by atoms with Crippen LogP contribution in [0.3, 0.4) is 0 Å². The third-order valence-corrected chi connectivity index (χ3v) is 3.04. The molecule has 1 aromatic heterocycles. The van der Waals surface area contributed by atoms with Crippen molar-refractivity contribution in [3.05, 3.63) is 16.5 Å². The highest BCUT2D eigenvalue weighted by atomic mass is 79.9. The van der Waals surface area contributed by atoms with E-state index in [0.29, 0.717) is 0 Å². The van der Waals surface area contributed by atoms with Crippen molar-refractivity contribution >= 4 is 27.7 Å². The van der Waals surface area contributed by atoms with Crippen LogP contribution >= 0.6 is 27.7 Å². The van der Waals surface area contributed by atoms with Crippen molar-refractivity contribution in [2.75, 3.05) is 0 Å². The van der Waals surface area contributed by atoms with Crippen LogP contribution in [-0.2, 0) is 6.42 Å². The van der Waals surface area contributed by atoms with E-state index >= 15 is 0 Å². The maximum Gasteiger partial charge on any atom is 0.130 e. The molecule has 0 aliphatic rings. The highest BCUT2D eigenvalue weighted by Crippen LogP contribution is 2.31. The van der Waals surface area contributed by atoms with Gasteiger partial charge < -0.3 is 0 Å². The molecule has 0 saturated carbocycles. The van der Waals surface area contributed by atoms with Crippen LogP contribution in [-0.4, -0.2) is 14.7 Å². The van der Waals surface area contributed by atoms with E-state index in [2.05, 4.69) is 53.6 Å². The van der Waals surface area contributed by atoms with Crippen molar-refractivity contribution < 1.29 is 0 Å². The van der Waals surface area contributed by atoms with Gasteiger partial charge in [0.2, 0.25) is 0 Å². The van der Waals surface area contributed by atoms with Crippen molar-refractivity contribution in [1.29, 1.82) is 0 Å². The van der Waals surface area contributed by atoms with Crippen molar-refractivity contribution in [1.82, 2.24) is 9.97 Å². The van der Waals surface area contributed by atoms with Gasteiger partial charge >= 0.3 is 0 Å². The monoisotopic (exact) mass is 288 g/mol. The average molecular weight is 289 g/mol. The molecule has 1 rings (SSSR count). The minimum absolute atomic E-state index is 0.192. The molecule has 0 bridgehead atoms. The third-order valence-electron chi connectivity index (χ3n) is 1.60. The first kappa shape index (κ1) is 13.0. The lowest BCUT2D eigenvalue weighted by atomic mass is 10.3. The Bertz CT molecular complexity index is 334. The summed E-state index contributed by atoms with van der Waals surface area (Å²) in [7, 11) is 0. The van der Waals surface area contributed by atoms with E-state index in [0.717, 1.165) is 28.3 Å². The summed E-state index contributed by atoms with van der Waals surface area (Å²) in [4.78, 5) is 8.88. The molecule has 15 heavy (non-hydrogen) atoms. The van der Waals surface area contributed by atoms with Crippen LogP contribution in [0.4, 0.5) is 0 Å². The van der Waals surface area contributed by atoms with Gasteiger partial charge in [-0.2, -0.15) is 0 Å². The topological polar surface area (TPSA) is 25.8 Å². The van der Waals surface area contributed by atoms with E-state index in [9.17, 15) is 0 Å². The van der Waals surface area contributed by atoms with Gasteiger partial charge in [-0.25, -0.2) is 9.97 Å². The van der Waals surface area contributed by atoms with E-state index < -0.39 is 0 Å². The molecule has 0 unspecified atom stereocenters. The standard InChI is InChI=1S/C11H17BrN2S/c1-5-6-9-13-8(12)7-10(14-9)15-11(2,3)4/h7H,5-6H2,1-4H3. The SMILES string of the molecule is CCCc1nc(Br)cc(SC(C)(C)C)n1. The Morgan fingerprint density at radius 3 is 2.53 bits per heavy atom. The molecule has 0 atom stereocenters. The minimum Gasteiger partial charge on any atom is -0.227 e. The predicted octanol–water partition coefficient (Wildman–Crippen LogP) is 4.08. The third kappa shape index (κ3) is 4.98. The van der Waals surface area contributed by atoms with Gasteiger partial charge in [0.25, 0.3) is 0 Å².